The highest BCUT2D eigenvalue weighted by Gasteiger charge is 2.41. The molecule has 1 aliphatic heterocycles. The van der Waals surface area contributed by atoms with Gasteiger partial charge >= 0.3 is 5.97 Å². The summed E-state index contributed by atoms with van der Waals surface area (Å²) in [7, 11) is 1.05. The SMILES string of the molecule is COC(=O)[C@](C)(NC(=O)c1cccc(N2C(=O)CCC2=O)c1)c1cc(F)ccc1F. The molecule has 1 atom stereocenters. The number of esters is 1. The summed E-state index contributed by atoms with van der Waals surface area (Å²) in [6.07, 6.45) is 0.156. The average Bonchev–Trinajstić information content (AvgIpc) is 3.07. The zero-order chi connectivity index (χ0) is 22.1. The smallest absolute Gasteiger partial charge is 0.336 e. The number of halogens is 2. The number of hydrogen-bond donors (Lipinski definition) is 1. The van der Waals surface area contributed by atoms with Crippen LogP contribution >= 0.6 is 0 Å². The van der Waals surface area contributed by atoms with Crippen LogP contribution in [0.3, 0.4) is 0 Å². The van der Waals surface area contributed by atoms with Gasteiger partial charge in [-0.05, 0) is 43.3 Å². The first-order chi connectivity index (χ1) is 14.2. The van der Waals surface area contributed by atoms with Gasteiger partial charge in [0.1, 0.15) is 11.6 Å². The van der Waals surface area contributed by atoms with E-state index in [4.69, 9.17) is 4.74 Å². The molecule has 1 N–H and O–H groups in total. The van der Waals surface area contributed by atoms with Crippen LogP contribution in [0.2, 0.25) is 0 Å². The molecule has 1 saturated heterocycles. The summed E-state index contributed by atoms with van der Waals surface area (Å²) in [4.78, 5) is 50.1. The summed E-state index contributed by atoms with van der Waals surface area (Å²) in [6, 6.07) is 8.16. The quantitative estimate of drug-likeness (QED) is 0.597. The van der Waals surface area contributed by atoms with E-state index in [9.17, 15) is 28.0 Å². The molecule has 3 rings (SSSR count). The lowest BCUT2D eigenvalue weighted by Gasteiger charge is -2.29. The van der Waals surface area contributed by atoms with Crippen molar-refractivity contribution in [2.75, 3.05) is 12.0 Å². The van der Waals surface area contributed by atoms with Crippen molar-refractivity contribution < 1.29 is 32.7 Å². The Morgan fingerprint density at radius 2 is 1.73 bits per heavy atom. The maximum absolute atomic E-state index is 14.4. The van der Waals surface area contributed by atoms with Gasteiger partial charge in [0, 0.05) is 24.0 Å². The Labute approximate surface area is 170 Å². The topological polar surface area (TPSA) is 92.8 Å². The molecule has 30 heavy (non-hydrogen) atoms. The maximum atomic E-state index is 14.4. The molecule has 0 aliphatic carbocycles. The summed E-state index contributed by atoms with van der Waals surface area (Å²) in [5.41, 5.74) is -2.24. The van der Waals surface area contributed by atoms with Crippen LogP contribution in [0.4, 0.5) is 14.5 Å². The summed E-state index contributed by atoms with van der Waals surface area (Å²) in [5, 5.41) is 2.38. The first-order valence-electron chi connectivity index (χ1n) is 8.99. The molecule has 0 saturated carbocycles. The zero-order valence-electron chi connectivity index (χ0n) is 16.2. The molecule has 0 spiro atoms. The van der Waals surface area contributed by atoms with E-state index >= 15 is 0 Å². The lowest BCUT2D eigenvalue weighted by Crippen LogP contribution is -2.50. The summed E-state index contributed by atoms with van der Waals surface area (Å²) < 4.78 is 32.8. The minimum Gasteiger partial charge on any atom is -0.467 e. The van der Waals surface area contributed by atoms with Crippen molar-refractivity contribution in [2.24, 2.45) is 0 Å². The first kappa shape index (κ1) is 21.1. The summed E-state index contributed by atoms with van der Waals surface area (Å²) in [6.45, 7) is 1.19. The number of hydrogen-bond acceptors (Lipinski definition) is 5. The molecule has 2 aromatic rings. The number of anilines is 1. The highest BCUT2D eigenvalue weighted by molar-refractivity contribution is 6.20. The van der Waals surface area contributed by atoms with E-state index < -0.39 is 46.4 Å². The standard InChI is InChI=1S/C21H18F2N2O5/c1-21(20(29)30-2,15-11-13(22)6-7-16(15)23)24-19(28)12-4-3-5-14(10-12)25-17(26)8-9-18(25)27/h3-7,10-11H,8-9H2,1-2H3,(H,24,28)/t21-/m1/s1. The molecule has 0 aromatic heterocycles. The van der Waals surface area contributed by atoms with Gasteiger partial charge in [0.05, 0.1) is 12.8 Å². The van der Waals surface area contributed by atoms with Gasteiger partial charge in [-0.25, -0.2) is 13.6 Å². The number of rotatable bonds is 5. The molecule has 0 bridgehead atoms. The number of nitrogens with one attached hydrogen (secondary N) is 1. The summed E-state index contributed by atoms with van der Waals surface area (Å²) in [5.74, 6) is -4.32. The maximum Gasteiger partial charge on any atom is 0.336 e. The van der Waals surface area contributed by atoms with Crippen molar-refractivity contribution in [3.8, 4) is 0 Å². The van der Waals surface area contributed by atoms with Crippen molar-refractivity contribution in [1.82, 2.24) is 5.32 Å². The molecular weight excluding hydrogens is 398 g/mol. The Balaban J connectivity index is 1.97. The highest BCUT2D eigenvalue weighted by atomic mass is 19.1. The van der Waals surface area contributed by atoms with E-state index in [1.807, 2.05) is 0 Å². The van der Waals surface area contributed by atoms with Crippen LogP contribution in [-0.4, -0.2) is 30.8 Å². The molecule has 0 radical (unpaired) electrons. The minimum absolute atomic E-state index is 0.00643. The van der Waals surface area contributed by atoms with Crippen LogP contribution in [0, 0.1) is 11.6 Å². The van der Waals surface area contributed by atoms with Crippen LogP contribution in [0.1, 0.15) is 35.7 Å². The van der Waals surface area contributed by atoms with Gasteiger partial charge in [0.15, 0.2) is 5.54 Å². The molecule has 9 heteroatoms. The Bertz CT molecular complexity index is 1040. The number of amides is 3. The van der Waals surface area contributed by atoms with E-state index in [0.29, 0.717) is 0 Å². The van der Waals surface area contributed by atoms with E-state index in [2.05, 4.69) is 5.32 Å². The van der Waals surface area contributed by atoms with Gasteiger partial charge in [0.2, 0.25) is 11.8 Å². The number of benzene rings is 2. The third-order valence-electron chi connectivity index (χ3n) is 4.84. The Hall–Kier alpha value is -3.62. The van der Waals surface area contributed by atoms with Crippen LogP contribution in [0.15, 0.2) is 42.5 Å². The molecule has 1 heterocycles. The Morgan fingerprint density at radius 1 is 1.07 bits per heavy atom. The van der Waals surface area contributed by atoms with Gasteiger partial charge in [-0.1, -0.05) is 6.07 Å². The van der Waals surface area contributed by atoms with E-state index in [1.165, 1.54) is 31.2 Å². The number of imide groups is 1. The normalized spacial score (nSPS) is 15.7. The lowest BCUT2D eigenvalue weighted by atomic mass is 9.90. The van der Waals surface area contributed by atoms with E-state index in [-0.39, 0.29) is 24.1 Å². The number of carbonyl (C=O) groups excluding carboxylic acids is 4. The van der Waals surface area contributed by atoms with Crippen LogP contribution in [-0.2, 0) is 24.7 Å². The Morgan fingerprint density at radius 3 is 2.37 bits per heavy atom. The zero-order valence-corrected chi connectivity index (χ0v) is 16.2. The van der Waals surface area contributed by atoms with E-state index in [1.54, 1.807) is 0 Å². The first-order valence-corrected chi connectivity index (χ1v) is 8.99. The van der Waals surface area contributed by atoms with Gasteiger partial charge in [-0.15, -0.1) is 0 Å². The molecule has 2 aromatic carbocycles. The average molecular weight is 416 g/mol. The van der Waals surface area contributed by atoms with Gasteiger partial charge in [-0.2, -0.15) is 0 Å². The van der Waals surface area contributed by atoms with Crippen molar-refractivity contribution in [1.29, 1.82) is 0 Å². The number of methoxy groups -OCH3 is 1. The number of carbonyl (C=O) groups is 4. The van der Waals surface area contributed by atoms with Gasteiger partial charge in [0.25, 0.3) is 5.91 Å². The van der Waals surface area contributed by atoms with Crippen LogP contribution in [0.5, 0.6) is 0 Å². The van der Waals surface area contributed by atoms with Crippen molar-refractivity contribution in [3.63, 3.8) is 0 Å². The molecule has 1 aliphatic rings. The van der Waals surface area contributed by atoms with E-state index in [0.717, 1.165) is 30.2 Å². The fraction of sp³-hybridized carbons (Fsp3) is 0.238. The Kier molecular flexibility index (Phi) is 5.64. The molecule has 3 amide bonds. The van der Waals surface area contributed by atoms with Crippen LogP contribution < -0.4 is 10.2 Å². The third kappa shape index (κ3) is 3.78. The predicted molar refractivity (Wildman–Crippen MR) is 101 cm³/mol. The fourth-order valence-electron chi connectivity index (χ4n) is 3.26. The number of ether oxygens (including phenoxy) is 1. The lowest BCUT2D eigenvalue weighted by molar-refractivity contribution is -0.148. The third-order valence-corrected chi connectivity index (χ3v) is 4.84. The second-order valence-electron chi connectivity index (χ2n) is 6.87. The summed E-state index contributed by atoms with van der Waals surface area (Å²) >= 11 is 0. The second kappa shape index (κ2) is 8.02. The van der Waals surface area contributed by atoms with Gasteiger partial charge in [-0.3, -0.25) is 19.3 Å². The predicted octanol–water partition coefficient (Wildman–Crippen LogP) is 2.44. The molecule has 0 unspecified atom stereocenters. The monoisotopic (exact) mass is 416 g/mol. The highest BCUT2D eigenvalue weighted by Crippen LogP contribution is 2.28. The van der Waals surface area contributed by atoms with Crippen molar-refractivity contribution >= 4 is 29.4 Å². The van der Waals surface area contributed by atoms with Crippen molar-refractivity contribution in [2.45, 2.75) is 25.3 Å². The molecule has 7 nitrogen and oxygen atoms in total. The molecular formula is C21H18F2N2O5. The fourth-order valence-corrected chi connectivity index (χ4v) is 3.26. The largest absolute Gasteiger partial charge is 0.467 e. The molecule has 1 fully saturated rings. The second-order valence-corrected chi connectivity index (χ2v) is 6.87. The number of nitrogens with zero attached hydrogens (tertiary/aromatic N) is 1. The van der Waals surface area contributed by atoms with Crippen LogP contribution in [0.25, 0.3) is 0 Å². The minimum atomic E-state index is -2.03. The molecule has 156 valence electrons. The van der Waals surface area contributed by atoms with Gasteiger partial charge < -0.3 is 10.1 Å². The van der Waals surface area contributed by atoms with Crippen molar-refractivity contribution in [3.05, 3.63) is 65.2 Å².